The van der Waals surface area contributed by atoms with Crippen LogP contribution in [0.2, 0.25) is 0 Å². The molecular weight excluding hydrogens is 272 g/mol. The lowest BCUT2D eigenvalue weighted by Crippen LogP contribution is -2.14. The maximum absolute atomic E-state index is 12.2. The molecule has 102 valence electrons. The summed E-state index contributed by atoms with van der Waals surface area (Å²) < 4.78 is 0. The van der Waals surface area contributed by atoms with Crippen molar-refractivity contribution in [1.29, 1.82) is 5.26 Å². The zero-order valence-corrected chi connectivity index (χ0v) is 12.0. The van der Waals surface area contributed by atoms with E-state index in [1.807, 2.05) is 13.8 Å². The quantitative estimate of drug-likeness (QED) is 0.738. The van der Waals surface area contributed by atoms with Crippen LogP contribution < -0.4 is 16.8 Å². The predicted octanol–water partition coefficient (Wildman–Crippen LogP) is 2.65. The molecule has 0 unspecified atom stereocenters. The second kappa shape index (κ2) is 5.23. The summed E-state index contributed by atoms with van der Waals surface area (Å²) in [5.41, 5.74) is 13.9. The summed E-state index contributed by atoms with van der Waals surface area (Å²) in [7, 11) is 0. The molecule has 1 aromatic carbocycles. The van der Waals surface area contributed by atoms with Crippen molar-refractivity contribution in [2.75, 3.05) is 16.8 Å². The minimum absolute atomic E-state index is 0.311. The summed E-state index contributed by atoms with van der Waals surface area (Å²) in [4.78, 5) is 13.2. The van der Waals surface area contributed by atoms with E-state index in [1.165, 1.54) is 17.4 Å². The van der Waals surface area contributed by atoms with Gasteiger partial charge in [-0.2, -0.15) is 5.26 Å². The van der Waals surface area contributed by atoms with Crippen LogP contribution in [-0.2, 0) is 0 Å². The van der Waals surface area contributed by atoms with Gasteiger partial charge in [0.1, 0.15) is 11.1 Å². The molecule has 1 amide bonds. The number of nitrogens with one attached hydrogen (secondary N) is 1. The molecule has 6 heteroatoms. The second-order valence-electron chi connectivity index (χ2n) is 4.40. The minimum atomic E-state index is -0.347. The standard InChI is InChI=1S/C14H14N4OS/c1-7-8(2)20-14(11(7)6-15)18-13(19)10-4-3-9(16)5-12(10)17/h3-5H,16-17H2,1-2H3,(H,18,19). The molecule has 0 aliphatic heterocycles. The number of thiophene rings is 1. The maximum Gasteiger partial charge on any atom is 0.258 e. The monoisotopic (exact) mass is 286 g/mol. The first-order valence-electron chi connectivity index (χ1n) is 5.90. The Morgan fingerprint density at radius 2 is 2.05 bits per heavy atom. The van der Waals surface area contributed by atoms with Gasteiger partial charge in [-0.3, -0.25) is 4.79 Å². The molecule has 0 aliphatic rings. The van der Waals surface area contributed by atoms with Gasteiger partial charge in [0.25, 0.3) is 5.91 Å². The highest BCUT2D eigenvalue weighted by molar-refractivity contribution is 7.16. The molecule has 0 bridgehead atoms. The molecule has 0 atom stereocenters. The molecule has 1 aromatic heterocycles. The molecule has 0 spiro atoms. The highest BCUT2D eigenvalue weighted by Crippen LogP contribution is 2.32. The topological polar surface area (TPSA) is 105 Å². The number of hydrogen-bond donors (Lipinski definition) is 3. The third-order valence-corrected chi connectivity index (χ3v) is 4.17. The van der Waals surface area contributed by atoms with Crippen molar-refractivity contribution >= 4 is 33.6 Å². The summed E-state index contributed by atoms with van der Waals surface area (Å²) in [6, 6.07) is 6.82. The number of hydrogen-bond acceptors (Lipinski definition) is 5. The summed E-state index contributed by atoms with van der Waals surface area (Å²) in [5.74, 6) is -0.347. The number of benzene rings is 1. The zero-order chi connectivity index (χ0) is 14.9. The molecule has 0 aliphatic carbocycles. The van der Waals surface area contributed by atoms with Gasteiger partial charge in [0.15, 0.2) is 0 Å². The summed E-state index contributed by atoms with van der Waals surface area (Å²) in [6.07, 6.45) is 0. The summed E-state index contributed by atoms with van der Waals surface area (Å²) >= 11 is 1.38. The second-order valence-corrected chi connectivity index (χ2v) is 5.62. The van der Waals surface area contributed by atoms with E-state index in [-0.39, 0.29) is 5.91 Å². The SMILES string of the molecule is Cc1sc(NC(=O)c2ccc(N)cc2N)c(C#N)c1C. The molecule has 0 radical (unpaired) electrons. The summed E-state index contributed by atoms with van der Waals surface area (Å²) in [6.45, 7) is 3.77. The lowest BCUT2D eigenvalue weighted by Gasteiger charge is -2.07. The number of nitriles is 1. The van der Waals surface area contributed by atoms with Crippen LogP contribution >= 0.6 is 11.3 Å². The molecule has 2 aromatic rings. The number of rotatable bonds is 2. The van der Waals surface area contributed by atoms with E-state index in [0.717, 1.165) is 10.4 Å². The first-order chi connectivity index (χ1) is 9.43. The fraction of sp³-hybridized carbons (Fsp3) is 0.143. The molecule has 0 saturated carbocycles. The average molecular weight is 286 g/mol. The fourth-order valence-electron chi connectivity index (χ4n) is 1.81. The Morgan fingerprint density at radius 1 is 1.35 bits per heavy atom. The molecule has 0 fully saturated rings. The Kier molecular flexibility index (Phi) is 3.63. The first-order valence-corrected chi connectivity index (χ1v) is 6.72. The highest BCUT2D eigenvalue weighted by atomic mass is 32.1. The van der Waals surface area contributed by atoms with Crippen LogP contribution in [0.5, 0.6) is 0 Å². The third kappa shape index (κ3) is 2.44. The van der Waals surface area contributed by atoms with Crippen molar-refractivity contribution in [3.63, 3.8) is 0 Å². The van der Waals surface area contributed by atoms with E-state index in [9.17, 15) is 4.79 Å². The van der Waals surface area contributed by atoms with E-state index in [4.69, 9.17) is 16.7 Å². The van der Waals surface area contributed by atoms with Crippen molar-refractivity contribution in [2.24, 2.45) is 0 Å². The Bertz CT molecular complexity index is 728. The van der Waals surface area contributed by atoms with Gasteiger partial charge >= 0.3 is 0 Å². The smallest absolute Gasteiger partial charge is 0.258 e. The number of nitrogen functional groups attached to an aromatic ring is 2. The van der Waals surface area contributed by atoms with E-state index in [1.54, 1.807) is 12.1 Å². The van der Waals surface area contributed by atoms with Crippen LogP contribution in [0, 0.1) is 25.2 Å². The fourth-order valence-corrected chi connectivity index (χ4v) is 2.81. The van der Waals surface area contributed by atoms with Crippen molar-refractivity contribution < 1.29 is 4.79 Å². The third-order valence-electron chi connectivity index (χ3n) is 3.04. The molecule has 20 heavy (non-hydrogen) atoms. The molecule has 2 rings (SSSR count). The largest absolute Gasteiger partial charge is 0.399 e. The number of nitrogens with zero attached hydrogens (tertiary/aromatic N) is 1. The molecule has 5 nitrogen and oxygen atoms in total. The Labute approximate surface area is 120 Å². The van der Waals surface area contributed by atoms with Crippen LogP contribution in [0.25, 0.3) is 0 Å². The van der Waals surface area contributed by atoms with Gasteiger partial charge in [-0.05, 0) is 37.6 Å². The predicted molar refractivity (Wildman–Crippen MR) is 81.7 cm³/mol. The van der Waals surface area contributed by atoms with E-state index < -0.39 is 0 Å². The number of carbonyl (C=O) groups is 1. The van der Waals surface area contributed by atoms with Crippen LogP contribution in [0.3, 0.4) is 0 Å². The average Bonchev–Trinajstić information content (AvgIpc) is 2.64. The molecule has 0 saturated heterocycles. The Morgan fingerprint density at radius 3 is 2.65 bits per heavy atom. The highest BCUT2D eigenvalue weighted by Gasteiger charge is 2.16. The first kappa shape index (κ1) is 13.9. The Balaban J connectivity index is 2.33. The number of nitrogens with two attached hydrogens (primary N) is 2. The zero-order valence-electron chi connectivity index (χ0n) is 11.2. The van der Waals surface area contributed by atoms with Crippen LogP contribution in [0.1, 0.15) is 26.4 Å². The maximum atomic E-state index is 12.2. The van der Waals surface area contributed by atoms with E-state index >= 15 is 0 Å². The lowest BCUT2D eigenvalue weighted by atomic mass is 10.1. The number of aryl methyl sites for hydroxylation is 1. The van der Waals surface area contributed by atoms with Gasteiger partial charge in [0, 0.05) is 16.3 Å². The van der Waals surface area contributed by atoms with Crippen LogP contribution in [0.15, 0.2) is 18.2 Å². The van der Waals surface area contributed by atoms with Crippen molar-refractivity contribution in [3.05, 3.63) is 39.8 Å². The van der Waals surface area contributed by atoms with Crippen molar-refractivity contribution in [3.8, 4) is 6.07 Å². The van der Waals surface area contributed by atoms with Gasteiger partial charge in [-0.15, -0.1) is 11.3 Å². The van der Waals surface area contributed by atoms with Gasteiger partial charge < -0.3 is 16.8 Å². The van der Waals surface area contributed by atoms with Gasteiger partial charge in [-0.1, -0.05) is 0 Å². The molecule has 5 N–H and O–H groups in total. The van der Waals surface area contributed by atoms with Crippen molar-refractivity contribution in [2.45, 2.75) is 13.8 Å². The molecule has 1 heterocycles. The molecular formula is C14H14N4OS. The van der Waals surface area contributed by atoms with Gasteiger partial charge in [0.05, 0.1) is 11.1 Å². The minimum Gasteiger partial charge on any atom is -0.399 e. The van der Waals surface area contributed by atoms with Gasteiger partial charge in [-0.25, -0.2) is 0 Å². The number of carbonyl (C=O) groups excluding carboxylic acids is 1. The number of anilines is 3. The van der Waals surface area contributed by atoms with Crippen LogP contribution in [0.4, 0.5) is 16.4 Å². The van der Waals surface area contributed by atoms with Crippen molar-refractivity contribution in [1.82, 2.24) is 0 Å². The Hall–Kier alpha value is -2.52. The normalized spacial score (nSPS) is 10.1. The van der Waals surface area contributed by atoms with E-state index in [0.29, 0.717) is 27.5 Å². The summed E-state index contributed by atoms with van der Waals surface area (Å²) in [5, 5.41) is 12.4. The number of amides is 1. The lowest BCUT2D eigenvalue weighted by molar-refractivity contribution is 0.102. The van der Waals surface area contributed by atoms with Crippen LogP contribution in [-0.4, -0.2) is 5.91 Å². The van der Waals surface area contributed by atoms with E-state index in [2.05, 4.69) is 11.4 Å². The van der Waals surface area contributed by atoms with Gasteiger partial charge in [0.2, 0.25) is 0 Å².